The van der Waals surface area contributed by atoms with Crippen LogP contribution in [0.3, 0.4) is 0 Å². The summed E-state index contributed by atoms with van der Waals surface area (Å²) in [6.45, 7) is -0.0287. The lowest BCUT2D eigenvalue weighted by Crippen LogP contribution is -2.31. The molecule has 0 aromatic heterocycles. The third kappa shape index (κ3) is 3.83. The molecular weight excluding hydrogens is 405 g/mol. The van der Waals surface area contributed by atoms with Crippen molar-refractivity contribution in [1.29, 1.82) is 0 Å². The van der Waals surface area contributed by atoms with Crippen molar-refractivity contribution < 1.29 is 23.5 Å². The van der Waals surface area contributed by atoms with Crippen molar-refractivity contribution in [3.8, 4) is 0 Å². The van der Waals surface area contributed by atoms with Gasteiger partial charge < -0.3 is 4.74 Å². The van der Waals surface area contributed by atoms with E-state index in [1.165, 1.54) is 12.1 Å². The van der Waals surface area contributed by atoms with Gasteiger partial charge in [-0.05, 0) is 30.7 Å². The zero-order valence-corrected chi connectivity index (χ0v) is 15.3. The number of carbonyl (C=O) groups is 3. The van der Waals surface area contributed by atoms with Gasteiger partial charge in [-0.1, -0.05) is 34.1 Å². The Morgan fingerprint density at radius 3 is 2.35 bits per heavy atom. The maximum atomic E-state index is 13.7. The Hall–Kier alpha value is -2.54. The van der Waals surface area contributed by atoms with Crippen LogP contribution in [0.1, 0.15) is 39.1 Å². The van der Waals surface area contributed by atoms with Crippen LogP contribution in [-0.2, 0) is 16.1 Å². The minimum absolute atomic E-state index is 0.0333. The van der Waals surface area contributed by atoms with Gasteiger partial charge in [0.1, 0.15) is 12.4 Å². The normalized spacial score (nSPS) is 13.1. The van der Waals surface area contributed by atoms with Crippen LogP contribution in [0.15, 0.2) is 46.9 Å². The fourth-order valence-corrected chi connectivity index (χ4v) is 3.03. The van der Waals surface area contributed by atoms with Crippen molar-refractivity contribution in [1.82, 2.24) is 4.90 Å². The van der Waals surface area contributed by atoms with Gasteiger partial charge in [-0.3, -0.25) is 19.3 Å². The number of ether oxygens (including phenoxy) is 1. The lowest BCUT2D eigenvalue weighted by Gasteiger charge is -2.13. The molecule has 0 atom stereocenters. The van der Waals surface area contributed by atoms with Gasteiger partial charge in [0.15, 0.2) is 0 Å². The maximum Gasteiger partial charge on any atom is 0.306 e. The maximum absolute atomic E-state index is 13.7. The predicted molar refractivity (Wildman–Crippen MR) is 94.9 cm³/mol. The second kappa shape index (κ2) is 7.78. The number of carbonyl (C=O) groups excluding carboxylic acids is 3. The van der Waals surface area contributed by atoms with Crippen molar-refractivity contribution in [3.63, 3.8) is 0 Å². The number of fused-ring (bicyclic) bond motifs is 1. The van der Waals surface area contributed by atoms with E-state index in [-0.39, 0.29) is 43.4 Å². The number of hydrogen-bond acceptors (Lipinski definition) is 4. The molecule has 0 fully saturated rings. The molecule has 134 valence electrons. The van der Waals surface area contributed by atoms with E-state index in [4.69, 9.17) is 4.74 Å². The first kappa shape index (κ1) is 18.3. The first-order valence-corrected chi connectivity index (χ1v) is 8.81. The zero-order chi connectivity index (χ0) is 18.7. The summed E-state index contributed by atoms with van der Waals surface area (Å²) < 4.78 is 19.3. The number of rotatable bonds is 6. The molecule has 26 heavy (non-hydrogen) atoms. The largest absolute Gasteiger partial charge is 0.461 e. The predicted octanol–water partition coefficient (Wildman–Crippen LogP) is 3.71. The summed E-state index contributed by atoms with van der Waals surface area (Å²) in [5.41, 5.74) is 1.04. The first-order chi connectivity index (χ1) is 12.5. The van der Waals surface area contributed by atoms with Gasteiger partial charge in [0.05, 0.1) is 11.1 Å². The molecule has 0 saturated heterocycles. The van der Waals surface area contributed by atoms with Crippen LogP contribution in [0.4, 0.5) is 4.39 Å². The Morgan fingerprint density at radius 2 is 1.73 bits per heavy atom. The summed E-state index contributed by atoms with van der Waals surface area (Å²) in [6.07, 6.45) is 0.318. The van der Waals surface area contributed by atoms with Crippen molar-refractivity contribution in [2.45, 2.75) is 19.4 Å². The summed E-state index contributed by atoms with van der Waals surface area (Å²) in [6, 6.07) is 11.1. The van der Waals surface area contributed by atoms with E-state index in [0.29, 0.717) is 15.6 Å². The molecule has 0 bridgehead atoms. The molecule has 1 aliphatic heterocycles. The summed E-state index contributed by atoms with van der Waals surface area (Å²) >= 11 is 3.16. The average Bonchev–Trinajstić information content (AvgIpc) is 2.86. The molecule has 5 nitrogen and oxygen atoms in total. The van der Waals surface area contributed by atoms with Crippen LogP contribution in [0.25, 0.3) is 0 Å². The topological polar surface area (TPSA) is 63.7 Å². The Balaban J connectivity index is 1.47. The third-order valence-corrected chi connectivity index (χ3v) is 4.54. The summed E-state index contributed by atoms with van der Waals surface area (Å²) in [7, 11) is 0. The molecule has 0 radical (unpaired) electrons. The van der Waals surface area contributed by atoms with Crippen molar-refractivity contribution in [2.24, 2.45) is 0 Å². The van der Waals surface area contributed by atoms with E-state index in [1.807, 2.05) is 0 Å². The molecule has 0 saturated carbocycles. The van der Waals surface area contributed by atoms with Crippen LogP contribution >= 0.6 is 15.9 Å². The molecule has 3 rings (SSSR count). The number of hydrogen-bond donors (Lipinski definition) is 0. The van der Waals surface area contributed by atoms with E-state index >= 15 is 0 Å². The molecule has 0 spiro atoms. The molecular formula is C19H15BrFNO4. The smallest absolute Gasteiger partial charge is 0.306 e. The molecule has 0 aliphatic carbocycles. The minimum atomic E-state index is -0.510. The second-order valence-electron chi connectivity index (χ2n) is 5.81. The standard InChI is InChI=1S/C19H15BrFNO4/c20-13-8-7-12(16(21)10-13)11-26-17(23)6-3-9-22-18(24)14-4-1-2-5-15(14)19(22)25/h1-2,4-5,7-8,10H,3,6,9,11H2. The van der Waals surface area contributed by atoms with Gasteiger partial charge in [-0.15, -0.1) is 0 Å². The monoisotopic (exact) mass is 419 g/mol. The Kier molecular flexibility index (Phi) is 5.46. The zero-order valence-electron chi connectivity index (χ0n) is 13.7. The molecule has 1 aliphatic rings. The fraction of sp³-hybridized carbons (Fsp3) is 0.211. The van der Waals surface area contributed by atoms with Crippen molar-refractivity contribution >= 4 is 33.7 Å². The molecule has 2 aromatic rings. The number of halogens is 2. The minimum Gasteiger partial charge on any atom is -0.461 e. The average molecular weight is 420 g/mol. The summed E-state index contributed by atoms with van der Waals surface area (Å²) in [4.78, 5) is 37.3. The molecule has 0 unspecified atom stereocenters. The molecule has 1 heterocycles. The van der Waals surface area contributed by atoms with E-state index in [2.05, 4.69) is 15.9 Å². The number of amides is 2. The highest BCUT2D eigenvalue weighted by molar-refractivity contribution is 9.10. The van der Waals surface area contributed by atoms with Gasteiger partial charge in [-0.2, -0.15) is 0 Å². The lowest BCUT2D eigenvalue weighted by molar-refractivity contribution is -0.145. The van der Waals surface area contributed by atoms with Gasteiger partial charge in [0, 0.05) is 23.0 Å². The van der Waals surface area contributed by atoms with Crippen LogP contribution in [0, 0.1) is 5.82 Å². The SMILES string of the molecule is O=C(CCCN1C(=O)c2ccccc2C1=O)OCc1ccc(Br)cc1F. The summed E-state index contributed by atoms with van der Waals surface area (Å²) in [5.74, 6) is -1.67. The molecule has 7 heteroatoms. The molecule has 2 aromatic carbocycles. The van der Waals surface area contributed by atoms with Crippen LogP contribution in [-0.4, -0.2) is 29.2 Å². The second-order valence-corrected chi connectivity index (χ2v) is 6.72. The van der Waals surface area contributed by atoms with Crippen LogP contribution < -0.4 is 0 Å². The highest BCUT2D eigenvalue weighted by Crippen LogP contribution is 2.22. The highest BCUT2D eigenvalue weighted by Gasteiger charge is 2.34. The lowest BCUT2D eigenvalue weighted by atomic mass is 10.1. The number of imide groups is 1. The van der Waals surface area contributed by atoms with Crippen LogP contribution in [0.5, 0.6) is 0 Å². The van der Waals surface area contributed by atoms with Crippen molar-refractivity contribution in [3.05, 3.63) is 69.4 Å². The first-order valence-electron chi connectivity index (χ1n) is 8.02. The number of nitrogens with zero attached hydrogens (tertiary/aromatic N) is 1. The quantitative estimate of drug-likeness (QED) is 0.528. The van der Waals surface area contributed by atoms with Gasteiger partial charge in [-0.25, -0.2) is 4.39 Å². The van der Waals surface area contributed by atoms with E-state index in [9.17, 15) is 18.8 Å². The van der Waals surface area contributed by atoms with Crippen molar-refractivity contribution in [2.75, 3.05) is 6.54 Å². The van der Waals surface area contributed by atoms with E-state index in [0.717, 1.165) is 4.90 Å². The van der Waals surface area contributed by atoms with Gasteiger partial charge in [0.2, 0.25) is 0 Å². The van der Waals surface area contributed by atoms with E-state index < -0.39 is 11.8 Å². The third-order valence-electron chi connectivity index (χ3n) is 4.04. The van der Waals surface area contributed by atoms with Gasteiger partial charge in [0.25, 0.3) is 11.8 Å². The Bertz CT molecular complexity index is 849. The highest BCUT2D eigenvalue weighted by atomic mass is 79.9. The Morgan fingerprint density at radius 1 is 1.08 bits per heavy atom. The summed E-state index contributed by atoms with van der Waals surface area (Å²) in [5, 5.41) is 0. The Labute approximate surface area is 157 Å². The van der Waals surface area contributed by atoms with Crippen LogP contribution in [0.2, 0.25) is 0 Å². The molecule has 0 N–H and O–H groups in total. The van der Waals surface area contributed by atoms with Gasteiger partial charge >= 0.3 is 5.97 Å². The molecule has 2 amide bonds. The van der Waals surface area contributed by atoms with E-state index in [1.54, 1.807) is 30.3 Å². The number of esters is 1. The number of benzene rings is 2. The fourth-order valence-electron chi connectivity index (χ4n) is 2.69.